The van der Waals surface area contributed by atoms with Gasteiger partial charge in [-0.1, -0.05) is 41.5 Å². The van der Waals surface area contributed by atoms with Crippen LogP contribution in [0.15, 0.2) is 51.8 Å². The minimum atomic E-state index is 0.149. The number of morpholine rings is 1. The number of ether oxygens (including phenoxy) is 1. The lowest BCUT2D eigenvalue weighted by Gasteiger charge is -2.26. The van der Waals surface area contributed by atoms with Gasteiger partial charge in [0.15, 0.2) is 4.34 Å². The van der Waals surface area contributed by atoms with Crippen LogP contribution in [0.25, 0.3) is 10.2 Å². The minimum Gasteiger partial charge on any atom is -0.378 e. The summed E-state index contributed by atoms with van der Waals surface area (Å²) in [6, 6.07) is 14.3. The van der Waals surface area contributed by atoms with Gasteiger partial charge in [-0.25, -0.2) is 4.98 Å². The van der Waals surface area contributed by atoms with Gasteiger partial charge in [0.1, 0.15) is 7.85 Å². The zero-order chi connectivity index (χ0) is 19.3. The number of thioether (sulfide) groups is 1. The number of nitrogens with zero attached hydrogens (tertiary/aromatic N) is 3. The molecule has 2 aromatic carbocycles. The second-order valence-corrected chi connectivity index (χ2v) is 8.84. The Balaban J connectivity index is 1.41. The van der Waals surface area contributed by atoms with Crippen LogP contribution in [0.3, 0.4) is 0 Å². The summed E-state index contributed by atoms with van der Waals surface area (Å²) in [5.41, 5.74) is 4.16. The monoisotopic (exact) mass is 409 g/mol. The van der Waals surface area contributed by atoms with E-state index in [1.165, 1.54) is 17.2 Å². The first-order valence-corrected chi connectivity index (χ1v) is 11.0. The summed E-state index contributed by atoms with van der Waals surface area (Å²) in [5.74, 6) is 0.564. The molecule has 28 heavy (non-hydrogen) atoms. The molecule has 0 spiro atoms. The topological polar surface area (TPSA) is 54.8 Å². The second-order valence-electron chi connectivity index (χ2n) is 6.58. The highest BCUT2D eigenvalue weighted by Crippen LogP contribution is 2.32. The molecular formula is C20H20BN3O2S2. The quantitative estimate of drug-likeness (QED) is 0.369. The highest BCUT2D eigenvalue weighted by molar-refractivity contribution is 8.01. The molecule has 1 aliphatic heterocycles. The molecule has 2 heterocycles. The van der Waals surface area contributed by atoms with Crippen molar-refractivity contribution in [3.05, 3.63) is 48.0 Å². The Labute approximate surface area is 173 Å². The fourth-order valence-corrected chi connectivity index (χ4v) is 4.87. The average molecular weight is 409 g/mol. The van der Waals surface area contributed by atoms with Crippen molar-refractivity contribution in [2.45, 2.75) is 4.34 Å². The summed E-state index contributed by atoms with van der Waals surface area (Å²) >= 11 is 3.11. The maximum absolute atomic E-state index is 12.3. The Hall–Kier alpha value is -2.16. The van der Waals surface area contributed by atoms with Gasteiger partial charge in [-0.15, -0.1) is 11.3 Å². The van der Waals surface area contributed by atoms with Crippen molar-refractivity contribution in [1.29, 1.82) is 0 Å². The summed E-state index contributed by atoms with van der Waals surface area (Å²) in [6.07, 6.45) is 1.87. The van der Waals surface area contributed by atoms with E-state index in [0.717, 1.165) is 25.8 Å². The van der Waals surface area contributed by atoms with Gasteiger partial charge in [-0.2, -0.15) is 0 Å². The molecule has 1 saturated heterocycles. The van der Waals surface area contributed by atoms with Crippen molar-refractivity contribution in [2.24, 2.45) is 4.99 Å². The third-order valence-corrected chi connectivity index (χ3v) is 6.62. The summed E-state index contributed by atoms with van der Waals surface area (Å²) in [6.45, 7) is 2.62. The number of amides is 1. The lowest BCUT2D eigenvalue weighted by Crippen LogP contribution is -2.41. The number of carbonyl (C=O) groups excluding carboxylic acids is 1. The smallest absolute Gasteiger partial charge is 0.233 e. The van der Waals surface area contributed by atoms with Gasteiger partial charge in [0.05, 0.1) is 34.9 Å². The molecule has 0 N–H and O–H groups in total. The molecule has 0 saturated carbocycles. The van der Waals surface area contributed by atoms with Crippen LogP contribution in [0.4, 0.5) is 5.69 Å². The van der Waals surface area contributed by atoms with E-state index in [2.05, 4.69) is 42.1 Å². The summed E-state index contributed by atoms with van der Waals surface area (Å²) in [7, 11) is 2.07. The van der Waals surface area contributed by atoms with Crippen molar-refractivity contribution in [3.8, 4) is 0 Å². The summed E-state index contributed by atoms with van der Waals surface area (Å²) in [5, 5.41) is 0. The third-order valence-electron chi connectivity index (χ3n) is 4.48. The number of hydrogen-bond acceptors (Lipinski definition) is 6. The van der Waals surface area contributed by atoms with E-state index >= 15 is 0 Å². The largest absolute Gasteiger partial charge is 0.378 e. The standard InChI is InChI=1S/C20H20BN3O2S2/c21-15-3-1-14(2-4-15)12-22-16-5-6-17-18(11-16)28-20(23-17)27-13-19(25)24-7-9-26-10-8-24/h1-6,11-12H,7-10,13,21H2/b22-12+. The molecule has 0 aliphatic carbocycles. The molecule has 0 unspecified atom stereocenters. The second kappa shape index (κ2) is 8.90. The van der Waals surface area contributed by atoms with Crippen molar-refractivity contribution < 1.29 is 9.53 Å². The minimum absolute atomic E-state index is 0.149. The number of fused-ring (bicyclic) bond motifs is 1. The van der Waals surface area contributed by atoms with Gasteiger partial charge < -0.3 is 9.64 Å². The molecule has 142 valence electrons. The highest BCUT2D eigenvalue weighted by atomic mass is 32.2. The Morgan fingerprint density at radius 3 is 2.82 bits per heavy atom. The lowest BCUT2D eigenvalue weighted by molar-refractivity contribution is -0.132. The van der Waals surface area contributed by atoms with Crippen LogP contribution in [0.5, 0.6) is 0 Å². The fraction of sp³-hybridized carbons (Fsp3) is 0.250. The van der Waals surface area contributed by atoms with E-state index in [0.29, 0.717) is 32.1 Å². The zero-order valence-electron chi connectivity index (χ0n) is 15.6. The van der Waals surface area contributed by atoms with E-state index in [-0.39, 0.29) is 5.91 Å². The van der Waals surface area contributed by atoms with Gasteiger partial charge in [0.25, 0.3) is 0 Å². The van der Waals surface area contributed by atoms with Crippen molar-refractivity contribution in [1.82, 2.24) is 9.88 Å². The number of aromatic nitrogens is 1. The maximum atomic E-state index is 12.3. The van der Waals surface area contributed by atoms with Gasteiger partial charge in [0.2, 0.25) is 5.91 Å². The summed E-state index contributed by atoms with van der Waals surface area (Å²) < 4.78 is 7.29. The van der Waals surface area contributed by atoms with Crippen LogP contribution in [-0.2, 0) is 9.53 Å². The molecule has 1 amide bonds. The van der Waals surface area contributed by atoms with Crippen LogP contribution < -0.4 is 5.46 Å². The number of carbonyl (C=O) groups is 1. The molecule has 0 radical (unpaired) electrons. The molecule has 4 rings (SSSR count). The van der Waals surface area contributed by atoms with Gasteiger partial charge >= 0.3 is 0 Å². The molecule has 0 atom stereocenters. The zero-order valence-corrected chi connectivity index (χ0v) is 17.3. The third kappa shape index (κ3) is 4.81. The number of thiazole rings is 1. The first kappa shape index (κ1) is 19.2. The Morgan fingerprint density at radius 1 is 1.25 bits per heavy atom. The van der Waals surface area contributed by atoms with Crippen LogP contribution in [0.2, 0.25) is 0 Å². The molecule has 3 aromatic rings. The Kier molecular flexibility index (Phi) is 6.09. The number of benzene rings is 2. The van der Waals surface area contributed by atoms with Crippen LogP contribution in [-0.4, -0.2) is 61.9 Å². The van der Waals surface area contributed by atoms with E-state index in [4.69, 9.17) is 4.74 Å². The van der Waals surface area contributed by atoms with Crippen molar-refractivity contribution >= 4 is 64.4 Å². The Bertz CT molecular complexity index is 998. The van der Waals surface area contributed by atoms with Crippen molar-refractivity contribution in [2.75, 3.05) is 32.1 Å². The van der Waals surface area contributed by atoms with Crippen molar-refractivity contribution in [3.63, 3.8) is 0 Å². The van der Waals surface area contributed by atoms with Gasteiger partial charge in [0, 0.05) is 19.3 Å². The fourth-order valence-electron chi connectivity index (χ4n) is 2.86. The van der Waals surface area contributed by atoms with E-state index in [1.54, 1.807) is 11.3 Å². The average Bonchev–Trinajstić information content (AvgIpc) is 3.14. The van der Waals surface area contributed by atoms with E-state index < -0.39 is 0 Å². The predicted octanol–water partition coefficient (Wildman–Crippen LogP) is 2.26. The molecule has 1 fully saturated rings. The van der Waals surface area contributed by atoms with E-state index in [1.807, 2.05) is 29.3 Å². The van der Waals surface area contributed by atoms with Crippen LogP contribution in [0.1, 0.15) is 5.56 Å². The molecule has 5 nitrogen and oxygen atoms in total. The predicted molar refractivity (Wildman–Crippen MR) is 120 cm³/mol. The maximum Gasteiger partial charge on any atom is 0.233 e. The molecular weight excluding hydrogens is 389 g/mol. The normalized spacial score (nSPS) is 14.8. The first-order valence-electron chi connectivity index (χ1n) is 9.17. The van der Waals surface area contributed by atoms with E-state index in [9.17, 15) is 4.79 Å². The molecule has 1 aliphatic rings. The lowest BCUT2D eigenvalue weighted by atomic mass is 9.95. The van der Waals surface area contributed by atoms with Gasteiger partial charge in [-0.3, -0.25) is 9.79 Å². The number of hydrogen-bond donors (Lipinski definition) is 0. The number of aliphatic imine (C=N–C) groups is 1. The summed E-state index contributed by atoms with van der Waals surface area (Å²) in [4.78, 5) is 23.4. The molecule has 1 aromatic heterocycles. The number of rotatable bonds is 5. The van der Waals surface area contributed by atoms with Crippen LogP contribution >= 0.6 is 23.1 Å². The van der Waals surface area contributed by atoms with Gasteiger partial charge in [-0.05, 0) is 23.8 Å². The van der Waals surface area contributed by atoms with Crippen LogP contribution in [0, 0.1) is 0 Å². The Morgan fingerprint density at radius 2 is 2.04 bits per heavy atom. The SMILES string of the molecule is Bc1ccc(/C=N/c2ccc3nc(SCC(=O)N4CCOCC4)sc3c2)cc1. The molecule has 8 heteroatoms. The molecule has 0 bridgehead atoms. The highest BCUT2D eigenvalue weighted by Gasteiger charge is 2.17. The first-order chi connectivity index (χ1) is 13.7.